The van der Waals surface area contributed by atoms with E-state index in [1.54, 1.807) is 6.33 Å². The zero-order chi connectivity index (χ0) is 19.6. The van der Waals surface area contributed by atoms with Crippen molar-refractivity contribution in [3.05, 3.63) is 83.9 Å². The minimum atomic E-state index is 0. The fourth-order valence-corrected chi connectivity index (χ4v) is 3.17. The van der Waals surface area contributed by atoms with Crippen LogP contribution in [-0.2, 0) is 13.6 Å². The highest BCUT2D eigenvalue weighted by Crippen LogP contribution is 2.27. The molecule has 3 aromatic rings. The van der Waals surface area contributed by atoms with Crippen LogP contribution in [0.3, 0.4) is 0 Å². The highest BCUT2D eigenvalue weighted by molar-refractivity contribution is 14.0. The third-order valence-corrected chi connectivity index (χ3v) is 4.66. The fourth-order valence-electron chi connectivity index (χ4n) is 3.17. The molecule has 0 spiro atoms. The van der Waals surface area contributed by atoms with Crippen LogP contribution >= 0.6 is 24.0 Å². The van der Waals surface area contributed by atoms with Gasteiger partial charge in [-0.25, -0.2) is 4.99 Å². The van der Waals surface area contributed by atoms with Crippen molar-refractivity contribution in [3.63, 3.8) is 0 Å². The molecule has 2 aromatic carbocycles. The molecule has 0 saturated heterocycles. The van der Waals surface area contributed by atoms with Gasteiger partial charge in [-0.15, -0.1) is 34.2 Å². The lowest BCUT2D eigenvalue weighted by atomic mass is 9.88. The van der Waals surface area contributed by atoms with Crippen LogP contribution in [0.15, 0.2) is 72.0 Å². The van der Waals surface area contributed by atoms with Crippen LogP contribution in [0.4, 0.5) is 0 Å². The average molecular weight is 504 g/mol. The smallest absolute Gasteiger partial charge is 0.191 e. The molecule has 0 saturated carbocycles. The first kappa shape index (κ1) is 22.9. The van der Waals surface area contributed by atoms with Crippen LogP contribution in [0, 0.1) is 0 Å². The van der Waals surface area contributed by atoms with Crippen LogP contribution < -0.4 is 10.6 Å². The minimum Gasteiger partial charge on any atom is -0.357 e. The van der Waals surface area contributed by atoms with Gasteiger partial charge in [-0.3, -0.25) is 0 Å². The lowest BCUT2D eigenvalue weighted by Crippen LogP contribution is -2.38. The van der Waals surface area contributed by atoms with Crippen molar-refractivity contribution in [2.75, 3.05) is 13.1 Å². The van der Waals surface area contributed by atoms with Crippen molar-refractivity contribution >= 4 is 29.9 Å². The Morgan fingerprint density at radius 3 is 2.14 bits per heavy atom. The number of benzene rings is 2. The number of nitrogens with zero attached hydrogens (tertiary/aromatic N) is 4. The molecule has 0 unspecified atom stereocenters. The van der Waals surface area contributed by atoms with Crippen LogP contribution in [0.25, 0.3) is 0 Å². The maximum atomic E-state index is 4.63. The van der Waals surface area contributed by atoms with Gasteiger partial charge in [0.05, 0.1) is 0 Å². The fraction of sp³-hybridized carbons (Fsp3) is 0.318. The van der Waals surface area contributed by atoms with Gasteiger partial charge in [0.2, 0.25) is 0 Å². The molecule has 1 heterocycles. The number of aryl methyl sites for hydroxylation is 1. The Morgan fingerprint density at radius 1 is 1.00 bits per heavy atom. The van der Waals surface area contributed by atoms with E-state index in [1.807, 2.05) is 11.6 Å². The summed E-state index contributed by atoms with van der Waals surface area (Å²) >= 11 is 0. The SMILES string of the molecule is CCNC(=NCc1nncn1C)NCCC(c1ccccc1)c1ccccc1.I. The summed E-state index contributed by atoms with van der Waals surface area (Å²) in [7, 11) is 1.93. The first-order valence-corrected chi connectivity index (χ1v) is 9.73. The van der Waals surface area contributed by atoms with E-state index in [-0.39, 0.29) is 24.0 Å². The Hall–Kier alpha value is -2.42. The summed E-state index contributed by atoms with van der Waals surface area (Å²) < 4.78 is 1.88. The summed E-state index contributed by atoms with van der Waals surface area (Å²) in [5, 5.41) is 14.7. The number of guanidine groups is 1. The van der Waals surface area contributed by atoms with Gasteiger partial charge in [0.25, 0.3) is 0 Å². The van der Waals surface area contributed by atoms with Crippen molar-refractivity contribution in [3.8, 4) is 0 Å². The molecule has 0 fully saturated rings. The van der Waals surface area contributed by atoms with Crippen molar-refractivity contribution in [2.45, 2.75) is 25.8 Å². The number of hydrogen-bond donors (Lipinski definition) is 2. The van der Waals surface area contributed by atoms with Crippen LogP contribution in [0.1, 0.15) is 36.2 Å². The molecule has 0 aliphatic carbocycles. The highest BCUT2D eigenvalue weighted by atomic mass is 127. The Morgan fingerprint density at radius 2 is 1.62 bits per heavy atom. The quantitative estimate of drug-likeness (QED) is 0.279. The number of nitrogens with one attached hydrogen (secondary N) is 2. The van der Waals surface area contributed by atoms with Gasteiger partial charge in [-0.1, -0.05) is 60.7 Å². The Labute approximate surface area is 189 Å². The maximum Gasteiger partial charge on any atom is 0.191 e. The Bertz CT molecular complexity index is 824. The average Bonchev–Trinajstić information content (AvgIpc) is 3.15. The van der Waals surface area contributed by atoms with E-state index in [4.69, 9.17) is 0 Å². The summed E-state index contributed by atoms with van der Waals surface area (Å²) in [5.74, 6) is 1.98. The van der Waals surface area contributed by atoms with Gasteiger partial charge in [0.1, 0.15) is 12.9 Å². The molecular formula is C22H29IN6. The normalized spacial score (nSPS) is 11.2. The molecule has 7 heteroatoms. The number of halogens is 1. The van der Waals surface area contributed by atoms with Crippen LogP contribution in [-0.4, -0.2) is 33.8 Å². The van der Waals surface area contributed by atoms with E-state index in [9.17, 15) is 0 Å². The maximum absolute atomic E-state index is 4.63. The van der Waals surface area contributed by atoms with Gasteiger partial charge in [-0.2, -0.15) is 0 Å². The standard InChI is InChI=1S/C22H28N6.HI/c1-3-23-22(25-16-21-27-26-17-28(21)2)24-15-14-20(18-10-6-4-7-11-18)19-12-8-5-9-13-19;/h4-13,17,20H,3,14-16H2,1-2H3,(H2,23,24,25);1H. The summed E-state index contributed by atoms with van der Waals surface area (Å²) in [5.41, 5.74) is 2.66. The van der Waals surface area contributed by atoms with Crippen molar-refractivity contribution in [2.24, 2.45) is 12.0 Å². The first-order chi connectivity index (χ1) is 13.8. The molecule has 29 heavy (non-hydrogen) atoms. The van der Waals surface area contributed by atoms with Crippen LogP contribution in [0.5, 0.6) is 0 Å². The molecule has 3 rings (SSSR count). The summed E-state index contributed by atoms with van der Waals surface area (Å²) in [6.45, 7) is 4.19. The van der Waals surface area contributed by atoms with E-state index >= 15 is 0 Å². The predicted molar refractivity (Wildman–Crippen MR) is 129 cm³/mol. The molecule has 0 radical (unpaired) electrons. The van der Waals surface area contributed by atoms with Gasteiger partial charge in [0.15, 0.2) is 11.8 Å². The number of aromatic nitrogens is 3. The topological polar surface area (TPSA) is 67.1 Å². The number of aliphatic imine (C=N–C) groups is 1. The summed E-state index contributed by atoms with van der Waals surface area (Å²) in [6, 6.07) is 21.3. The zero-order valence-electron chi connectivity index (χ0n) is 17.0. The van der Waals surface area contributed by atoms with Gasteiger partial charge >= 0.3 is 0 Å². The molecule has 0 amide bonds. The third-order valence-electron chi connectivity index (χ3n) is 4.66. The highest BCUT2D eigenvalue weighted by Gasteiger charge is 2.13. The first-order valence-electron chi connectivity index (χ1n) is 9.73. The molecule has 0 atom stereocenters. The predicted octanol–water partition coefficient (Wildman–Crippen LogP) is 3.71. The second-order valence-corrected chi connectivity index (χ2v) is 6.64. The van der Waals surface area contributed by atoms with Crippen molar-refractivity contribution in [1.29, 1.82) is 0 Å². The van der Waals surface area contributed by atoms with Gasteiger partial charge < -0.3 is 15.2 Å². The van der Waals surface area contributed by atoms with E-state index in [0.29, 0.717) is 12.5 Å². The van der Waals surface area contributed by atoms with Gasteiger partial charge in [-0.05, 0) is 24.5 Å². The van der Waals surface area contributed by atoms with Crippen molar-refractivity contribution < 1.29 is 0 Å². The van der Waals surface area contributed by atoms with Crippen LogP contribution in [0.2, 0.25) is 0 Å². The zero-order valence-corrected chi connectivity index (χ0v) is 19.3. The molecule has 0 aliphatic rings. The summed E-state index contributed by atoms with van der Waals surface area (Å²) in [4.78, 5) is 4.63. The van der Waals surface area contributed by atoms with Gasteiger partial charge in [0, 0.05) is 26.1 Å². The monoisotopic (exact) mass is 504 g/mol. The minimum absolute atomic E-state index is 0. The van der Waals surface area contributed by atoms with Crippen molar-refractivity contribution in [1.82, 2.24) is 25.4 Å². The second-order valence-electron chi connectivity index (χ2n) is 6.64. The van der Waals surface area contributed by atoms with E-state index < -0.39 is 0 Å². The molecule has 0 aliphatic heterocycles. The molecule has 2 N–H and O–H groups in total. The molecular weight excluding hydrogens is 475 g/mol. The Kier molecular flexibility index (Phi) is 9.63. The number of rotatable bonds is 8. The largest absolute Gasteiger partial charge is 0.357 e. The lowest BCUT2D eigenvalue weighted by Gasteiger charge is -2.19. The lowest BCUT2D eigenvalue weighted by molar-refractivity contribution is 0.677. The Balaban J connectivity index is 0.00000300. The molecule has 154 valence electrons. The van der Waals surface area contributed by atoms with E-state index in [2.05, 4.69) is 93.4 Å². The molecule has 0 bridgehead atoms. The third kappa shape index (κ3) is 6.85. The molecule has 1 aromatic heterocycles. The summed E-state index contributed by atoms with van der Waals surface area (Å²) in [6.07, 6.45) is 2.66. The van der Waals surface area contributed by atoms with E-state index in [1.165, 1.54) is 11.1 Å². The molecule has 6 nitrogen and oxygen atoms in total. The van der Waals surface area contributed by atoms with E-state index in [0.717, 1.165) is 31.3 Å². The number of hydrogen-bond acceptors (Lipinski definition) is 3. The second kappa shape index (κ2) is 12.2.